The Morgan fingerprint density at radius 1 is 1.14 bits per heavy atom. The van der Waals surface area contributed by atoms with Crippen LogP contribution in [0.2, 0.25) is 0 Å². The molecule has 0 aliphatic carbocycles. The smallest absolute Gasteiger partial charge is 0.469 e. The van der Waals surface area contributed by atoms with Crippen molar-refractivity contribution in [2.45, 2.75) is 25.2 Å². The van der Waals surface area contributed by atoms with E-state index in [0.29, 0.717) is 11.3 Å². The number of nitrogens with two attached hydrogens (primary N) is 1. The van der Waals surface area contributed by atoms with Crippen LogP contribution in [0.5, 0.6) is 5.75 Å². The maximum absolute atomic E-state index is 13.8. The molecule has 2 aromatic heterocycles. The van der Waals surface area contributed by atoms with Crippen LogP contribution in [0.3, 0.4) is 0 Å². The van der Waals surface area contributed by atoms with Crippen molar-refractivity contribution in [3.8, 4) is 16.3 Å². The molecule has 0 aliphatic rings. The fourth-order valence-corrected chi connectivity index (χ4v) is 4.44. The molecule has 0 fully saturated rings. The van der Waals surface area contributed by atoms with Crippen molar-refractivity contribution in [1.29, 1.82) is 0 Å². The summed E-state index contributed by atoms with van der Waals surface area (Å²) in [4.78, 5) is 17.7. The molecule has 0 aliphatic heterocycles. The van der Waals surface area contributed by atoms with Gasteiger partial charge in [-0.3, -0.25) is 4.52 Å². The third kappa shape index (κ3) is 6.07. The summed E-state index contributed by atoms with van der Waals surface area (Å²) >= 11 is 0.878. The van der Waals surface area contributed by atoms with Crippen LogP contribution in [0, 0.1) is 0 Å². The summed E-state index contributed by atoms with van der Waals surface area (Å²) in [5, 5.41) is 8.80. The van der Waals surface area contributed by atoms with E-state index in [9.17, 15) is 17.7 Å². The fraction of sp³-hybridized carbons (Fsp3) is 0.238. The first-order valence-corrected chi connectivity index (χ1v) is 12.3. The number of rotatable bonds is 8. The molecule has 0 bridgehead atoms. The third-order valence-electron chi connectivity index (χ3n) is 4.82. The number of fused-ring (bicyclic) bond motifs is 1. The van der Waals surface area contributed by atoms with Crippen LogP contribution in [0.15, 0.2) is 52.9 Å². The molecule has 0 radical (unpaired) electrons. The Hall–Kier alpha value is -2.80. The number of aromatic nitrogens is 2. The van der Waals surface area contributed by atoms with Gasteiger partial charge in [0.05, 0.1) is 17.7 Å². The molecule has 186 valence electrons. The zero-order valence-electron chi connectivity index (χ0n) is 18.0. The summed E-state index contributed by atoms with van der Waals surface area (Å²) in [7, 11) is -4.77. The van der Waals surface area contributed by atoms with Crippen molar-refractivity contribution in [2.75, 3.05) is 6.61 Å². The first-order chi connectivity index (χ1) is 16.3. The molecule has 1 atom stereocenters. The maximum Gasteiger partial charge on any atom is 0.469 e. The molecule has 0 amide bonds. The molecule has 0 unspecified atom stereocenters. The second kappa shape index (κ2) is 9.34. The van der Waals surface area contributed by atoms with Crippen molar-refractivity contribution >= 4 is 30.1 Å². The predicted molar refractivity (Wildman–Crippen MR) is 120 cm³/mol. The van der Waals surface area contributed by atoms with Crippen LogP contribution >= 0.6 is 19.2 Å². The molecule has 0 spiro atoms. The lowest BCUT2D eigenvalue weighted by atomic mass is 10.1. The first-order valence-electron chi connectivity index (χ1n) is 9.97. The zero-order valence-corrected chi connectivity index (χ0v) is 19.7. The van der Waals surface area contributed by atoms with Crippen molar-refractivity contribution in [2.24, 2.45) is 5.73 Å². The van der Waals surface area contributed by atoms with E-state index in [4.69, 9.17) is 24.7 Å². The minimum Gasteiger partial charge on any atom is -0.485 e. The highest BCUT2D eigenvalue weighted by Gasteiger charge is 2.36. The van der Waals surface area contributed by atoms with Crippen LogP contribution in [0.1, 0.15) is 23.3 Å². The second-order valence-corrected chi connectivity index (χ2v) is 10.1. The highest BCUT2D eigenvalue weighted by Crippen LogP contribution is 2.41. The summed E-state index contributed by atoms with van der Waals surface area (Å²) in [6.45, 7) is 0.628. The Bertz CT molecular complexity index is 1370. The van der Waals surface area contributed by atoms with Gasteiger partial charge in [0.25, 0.3) is 0 Å². The Labute approximate surface area is 200 Å². The molecule has 4 N–H and O–H groups in total. The number of alkyl halides is 3. The lowest BCUT2D eigenvalue weighted by molar-refractivity contribution is -0.139. The van der Waals surface area contributed by atoms with E-state index in [0.717, 1.165) is 22.8 Å². The van der Waals surface area contributed by atoms with Gasteiger partial charge in [-0.15, -0.1) is 10.2 Å². The van der Waals surface area contributed by atoms with Gasteiger partial charge in [-0.05, 0) is 37.3 Å². The highest BCUT2D eigenvalue weighted by atomic mass is 32.1. The van der Waals surface area contributed by atoms with Crippen molar-refractivity contribution < 1.29 is 41.2 Å². The van der Waals surface area contributed by atoms with Gasteiger partial charge >= 0.3 is 14.0 Å². The normalized spacial score (nSPS) is 14.3. The minimum absolute atomic E-state index is 0.115. The summed E-state index contributed by atoms with van der Waals surface area (Å²) in [5.41, 5.74) is 4.29. The first kappa shape index (κ1) is 25.3. The molecule has 35 heavy (non-hydrogen) atoms. The number of halogens is 3. The Morgan fingerprint density at radius 3 is 2.57 bits per heavy atom. The quantitative estimate of drug-likeness (QED) is 0.274. The molecule has 4 aromatic rings. The lowest BCUT2D eigenvalue weighted by Gasteiger charge is -2.21. The third-order valence-corrected chi connectivity index (χ3v) is 6.54. The van der Waals surface area contributed by atoms with E-state index in [2.05, 4.69) is 14.7 Å². The number of para-hydroxylation sites is 1. The van der Waals surface area contributed by atoms with Gasteiger partial charge in [-0.2, -0.15) is 13.2 Å². The Morgan fingerprint density at radius 2 is 1.89 bits per heavy atom. The topological polar surface area (TPSA) is 141 Å². The van der Waals surface area contributed by atoms with Gasteiger partial charge in [0.2, 0.25) is 0 Å². The molecule has 4 rings (SSSR count). The average molecular weight is 529 g/mol. The number of phosphoric acid groups is 1. The fourth-order valence-electron chi connectivity index (χ4n) is 3.12. The van der Waals surface area contributed by atoms with Gasteiger partial charge in [-0.1, -0.05) is 29.5 Å². The minimum atomic E-state index is -4.77. The number of hydrogen-bond acceptors (Lipinski definition) is 8. The van der Waals surface area contributed by atoms with E-state index < -0.39 is 31.7 Å². The van der Waals surface area contributed by atoms with Crippen LogP contribution in [-0.4, -0.2) is 26.6 Å². The van der Waals surface area contributed by atoms with Gasteiger partial charge in [0.15, 0.2) is 0 Å². The van der Waals surface area contributed by atoms with Crippen LogP contribution in [-0.2, 0) is 27.4 Å². The number of benzene rings is 2. The molecule has 2 heterocycles. The van der Waals surface area contributed by atoms with Gasteiger partial charge in [0, 0.05) is 10.9 Å². The van der Waals surface area contributed by atoms with E-state index in [1.807, 2.05) is 12.1 Å². The van der Waals surface area contributed by atoms with Crippen LogP contribution in [0.25, 0.3) is 21.5 Å². The second-order valence-electron chi connectivity index (χ2n) is 7.84. The monoisotopic (exact) mass is 529 g/mol. The predicted octanol–water partition coefficient (Wildman–Crippen LogP) is 4.83. The van der Waals surface area contributed by atoms with Crippen molar-refractivity contribution in [3.63, 3.8) is 0 Å². The van der Waals surface area contributed by atoms with Gasteiger partial charge in [0.1, 0.15) is 33.7 Å². The molecular weight excluding hydrogens is 510 g/mol. The molecule has 2 aromatic carbocycles. The summed E-state index contributed by atoms with van der Waals surface area (Å²) < 4.78 is 67.8. The Balaban J connectivity index is 1.57. The summed E-state index contributed by atoms with van der Waals surface area (Å²) in [5.74, 6) is -0.0120. The summed E-state index contributed by atoms with van der Waals surface area (Å²) in [6.07, 6.45) is -4.72. The molecule has 14 heteroatoms. The molecule has 9 nitrogen and oxygen atoms in total. The number of nitrogens with zero attached hydrogens (tertiary/aromatic N) is 2. The van der Waals surface area contributed by atoms with Gasteiger partial charge in [-0.25, -0.2) is 4.57 Å². The van der Waals surface area contributed by atoms with E-state index >= 15 is 0 Å². The number of hydrogen-bond donors (Lipinski definition) is 3. The van der Waals surface area contributed by atoms with Crippen LogP contribution in [0.4, 0.5) is 13.2 Å². The van der Waals surface area contributed by atoms with Crippen molar-refractivity contribution in [1.82, 2.24) is 10.2 Å². The highest BCUT2D eigenvalue weighted by molar-refractivity contribution is 7.46. The van der Waals surface area contributed by atoms with E-state index in [1.165, 1.54) is 19.1 Å². The molecule has 0 saturated heterocycles. The lowest BCUT2D eigenvalue weighted by Crippen LogP contribution is -2.37. The van der Waals surface area contributed by atoms with Crippen molar-refractivity contribution in [3.05, 3.63) is 64.9 Å². The summed E-state index contributed by atoms with van der Waals surface area (Å²) in [6, 6.07) is 12.3. The van der Waals surface area contributed by atoms with E-state index in [1.54, 1.807) is 18.2 Å². The molecular formula is C21H19F3N3O6PS. The average Bonchev–Trinajstić information content (AvgIpc) is 3.43. The van der Waals surface area contributed by atoms with Crippen LogP contribution < -0.4 is 10.5 Å². The standard InChI is InChI=1S/C21H19F3N3O6PS/c1-20(25,11-32-34(28,29)30)19-27-26-18(35-19)13-6-7-17(15(9-13)21(22,23)24)31-10-14-8-12-4-2-3-5-16(12)33-14/h2-9H,10-11,25H2,1H3,(H2,28,29,30)/t20-/m0/s1. The number of ether oxygens (including phenoxy) is 1. The largest absolute Gasteiger partial charge is 0.485 e. The molecule has 0 saturated carbocycles. The maximum atomic E-state index is 13.8. The SMILES string of the molecule is C[C@](N)(COP(=O)(O)O)c1nnc(-c2ccc(OCc3cc4ccccc4o3)c(C(F)(F)F)c2)s1. The zero-order chi connectivity index (χ0) is 25.4. The Kier molecular flexibility index (Phi) is 6.75. The number of furan rings is 1. The van der Waals surface area contributed by atoms with Gasteiger partial charge < -0.3 is 24.7 Å². The van der Waals surface area contributed by atoms with E-state index in [-0.39, 0.29) is 27.9 Å². The number of phosphoric ester groups is 1.